The van der Waals surface area contributed by atoms with Crippen LogP contribution in [0.3, 0.4) is 0 Å². The number of nitrogens with one attached hydrogen (secondary N) is 2. The van der Waals surface area contributed by atoms with Gasteiger partial charge in [0.15, 0.2) is 0 Å². The Hall–Kier alpha value is -3.98. The first-order chi connectivity index (χ1) is 15.8. The molecule has 2 aromatic carbocycles. The van der Waals surface area contributed by atoms with E-state index in [1.807, 2.05) is 48.0 Å². The second-order valence-corrected chi connectivity index (χ2v) is 9.52. The largest absolute Gasteiger partial charge is 0.324 e. The number of aliphatic imine (C=N–C) groups is 1. The molecule has 9 heteroatoms. The van der Waals surface area contributed by atoms with Crippen LogP contribution in [0.1, 0.15) is 18.1 Å². The van der Waals surface area contributed by atoms with Crippen LogP contribution in [0.5, 0.6) is 0 Å². The Bertz CT molecular complexity index is 1520. The molecule has 0 bridgehead atoms. The molecule has 2 N–H and O–H groups in total. The Morgan fingerprint density at radius 2 is 1.85 bits per heavy atom. The number of rotatable bonds is 4. The molecule has 2 aromatic heterocycles. The Balaban J connectivity index is 1.32. The van der Waals surface area contributed by atoms with Crippen LogP contribution in [0.15, 0.2) is 82.9 Å². The highest BCUT2D eigenvalue weighted by atomic mass is 32.2. The number of carbonyl (C=O) groups excluding carboxylic acids is 1. The molecule has 0 saturated heterocycles. The predicted octanol–water partition coefficient (Wildman–Crippen LogP) is 3.38. The number of sulfonamides is 1. The monoisotopic (exact) mass is 459 g/mol. The molecule has 0 spiro atoms. The number of benzene rings is 2. The summed E-state index contributed by atoms with van der Waals surface area (Å²) < 4.78 is 28.9. The molecule has 5 rings (SSSR count). The summed E-state index contributed by atoms with van der Waals surface area (Å²) >= 11 is 0. The molecular formula is C24H21N5O3S. The average Bonchev–Trinajstić information content (AvgIpc) is 3.34. The molecule has 1 amide bonds. The smallest absolute Gasteiger partial charge is 0.263 e. The van der Waals surface area contributed by atoms with Gasteiger partial charge in [0.1, 0.15) is 17.5 Å². The average molecular weight is 460 g/mol. The van der Waals surface area contributed by atoms with Crippen LogP contribution in [-0.2, 0) is 14.8 Å². The summed E-state index contributed by atoms with van der Waals surface area (Å²) in [5.74, 6) is -0.173. The summed E-state index contributed by atoms with van der Waals surface area (Å²) in [6.07, 6.45) is 3.92. The van der Waals surface area contributed by atoms with Crippen molar-refractivity contribution in [3.8, 4) is 11.3 Å². The van der Waals surface area contributed by atoms with Gasteiger partial charge in [0.05, 0.1) is 10.6 Å². The lowest BCUT2D eigenvalue weighted by Gasteiger charge is -2.10. The maximum absolute atomic E-state index is 12.7. The predicted molar refractivity (Wildman–Crippen MR) is 127 cm³/mol. The fraction of sp³-hybridized carbons (Fsp3) is 0.125. The number of pyridine rings is 1. The van der Waals surface area contributed by atoms with E-state index in [2.05, 4.69) is 15.0 Å². The highest BCUT2D eigenvalue weighted by Gasteiger charge is 2.31. The van der Waals surface area contributed by atoms with Gasteiger partial charge in [-0.1, -0.05) is 30.3 Å². The molecule has 0 radical (unpaired) electrons. The molecule has 0 aliphatic carbocycles. The summed E-state index contributed by atoms with van der Waals surface area (Å²) in [5.41, 5.74) is 4.85. The van der Waals surface area contributed by atoms with Crippen molar-refractivity contribution in [1.82, 2.24) is 14.1 Å². The number of nitrogens with zero attached hydrogens (tertiary/aromatic N) is 3. The molecule has 0 fully saturated rings. The fourth-order valence-corrected chi connectivity index (χ4v) is 4.98. The van der Waals surface area contributed by atoms with Gasteiger partial charge in [-0.15, -0.1) is 0 Å². The number of aromatic nitrogens is 2. The van der Waals surface area contributed by atoms with Gasteiger partial charge in [-0.3, -0.25) is 14.5 Å². The Morgan fingerprint density at radius 3 is 2.61 bits per heavy atom. The molecule has 1 aliphatic rings. The number of imidazole rings is 1. The van der Waals surface area contributed by atoms with Crippen LogP contribution >= 0.6 is 0 Å². The van der Waals surface area contributed by atoms with Crippen molar-refractivity contribution in [2.24, 2.45) is 4.99 Å². The van der Waals surface area contributed by atoms with Crippen LogP contribution in [0.4, 0.5) is 5.69 Å². The topological polar surface area (TPSA) is 105 Å². The van der Waals surface area contributed by atoms with Gasteiger partial charge in [0.25, 0.3) is 10.0 Å². The van der Waals surface area contributed by atoms with Crippen molar-refractivity contribution < 1.29 is 13.2 Å². The Labute approximate surface area is 191 Å². The summed E-state index contributed by atoms with van der Waals surface area (Å²) in [7, 11) is -3.65. The lowest BCUT2D eigenvalue weighted by Crippen LogP contribution is -2.28. The van der Waals surface area contributed by atoms with E-state index >= 15 is 0 Å². The highest BCUT2D eigenvalue weighted by Crippen LogP contribution is 2.24. The van der Waals surface area contributed by atoms with Crippen molar-refractivity contribution in [2.45, 2.75) is 24.8 Å². The number of aryl methyl sites for hydroxylation is 1. The minimum atomic E-state index is -3.65. The van der Waals surface area contributed by atoms with Crippen molar-refractivity contribution in [3.63, 3.8) is 0 Å². The fourth-order valence-electron chi connectivity index (χ4n) is 3.75. The summed E-state index contributed by atoms with van der Waals surface area (Å²) in [6, 6.07) is 17.1. The Kier molecular flexibility index (Phi) is 4.98. The van der Waals surface area contributed by atoms with Gasteiger partial charge in [-0.25, -0.2) is 13.4 Å². The van der Waals surface area contributed by atoms with Gasteiger partial charge in [-0.2, -0.15) is 0 Å². The van der Waals surface area contributed by atoms with Crippen molar-refractivity contribution >= 4 is 33.1 Å². The van der Waals surface area contributed by atoms with Crippen LogP contribution in [-0.4, -0.2) is 35.6 Å². The minimum Gasteiger partial charge on any atom is -0.324 e. The zero-order valence-electron chi connectivity index (χ0n) is 18.0. The third-order valence-electron chi connectivity index (χ3n) is 5.49. The van der Waals surface area contributed by atoms with E-state index in [9.17, 15) is 13.2 Å². The lowest BCUT2D eigenvalue weighted by atomic mass is 10.1. The lowest BCUT2D eigenvalue weighted by molar-refractivity contribution is -0.117. The van der Waals surface area contributed by atoms with Crippen LogP contribution in [0.25, 0.3) is 16.9 Å². The van der Waals surface area contributed by atoms with E-state index in [1.54, 1.807) is 37.3 Å². The van der Waals surface area contributed by atoms with Crippen LogP contribution in [0.2, 0.25) is 0 Å². The van der Waals surface area contributed by atoms with E-state index in [1.165, 1.54) is 6.07 Å². The maximum atomic E-state index is 12.7. The third-order valence-corrected chi connectivity index (χ3v) is 6.89. The zero-order chi connectivity index (χ0) is 23.2. The molecule has 4 aromatic rings. The second kappa shape index (κ2) is 7.86. The quantitative estimate of drug-likeness (QED) is 0.488. The SMILES string of the molecule is Cc1cccn2cc(-c3ccc(NC(=O)[C@H](C)N=C4NS(=O)(=O)c5ccccc54)cc3)nc12. The van der Waals surface area contributed by atoms with Crippen LogP contribution < -0.4 is 10.0 Å². The van der Waals surface area contributed by atoms with Crippen molar-refractivity contribution in [2.75, 3.05) is 5.32 Å². The first-order valence-electron chi connectivity index (χ1n) is 10.4. The minimum absolute atomic E-state index is 0.161. The molecule has 33 heavy (non-hydrogen) atoms. The normalized spacial score (nSPS) is 16.4. The summed E-state index contributed by atoms with van der Waals surface area (Å²) in [6.45, 7) is 3.63. The molecule has 0 unspecified atom stereocenters. The zero-order valence-corrected chi connectivity index (χ0v) is 18.8. The summed E-state index contributed by atoms with van der Waals surface area (Å²) in [5, 5.41) is 2.83. The highest BCUT2D eigenvalue weighted by molar-refractivity contribution is 7.90. The standard InChI is InChI=1S/C24H21N5O3S/c1-15-6-5-13-29-14-20(27-23(15)29)17-9-11-18(12-10-17)26-24(30)16(2)25-22-19-7-3-4-8-21(19)33(31,32)28-22/h3-14,16H,1-2H3,(H,25,28)(H,26,30)/t16-/m0/s1. The van der Waals surface area contributed by atoms with E-state index < -0.39 is 16.1 Å². The number of carbonyl (C=O) groups is 1. The van der Waals surface area contributed by atoms with E-state index in [0.717, 1.165) is 22.5 Å². The van der Waals surface area contributed by atoms with Crippen molar-refractivity contribution in [3.05, 3.63) is 84.2 Å². The second-order valence-electron chi connectivity index (χ2n) is 7.87. The number of hydrogen-bond acceptors (Lipinski definition) is 5. The molecule has 0 saturated carbocycles. The molecular weight excluding hydrogens is 438 g/mol. The summed E-state index contributed by atoms with van der Waals surface area (Å²) in [4.78, 5) is 21.8. The first kappa shape index (κ1) is 20.9. The van der Waals surface area contributed by atoms with Gasteiger partial charge in [0, 0.05) is 29.2 Å². The number of amidine groups is 1. The molecule has 3 heterocycles. The number of fused-ring (bicyclic) bond motifs is 2. The Morgan fingerprint density at radius 1 is 1.09 bits per heavy atom. The van der Waals surface area contributed by atoms with Crippen LogP contribution in [0, 0.1) is 6.92 Å². The van der Waals surface area contributed by atoms with Gasteiger partial charge < -0.3 is 9.72 Å². The van der Waals surface area contributed by atoms with E-state index in [0.29, 0.717) is 11.3 Å². The first-order valence-corrected chi connectivity index (χ1v) is 11.9. The third kappa shape index (κ3) is 3.87. The molecule has 1 atom stereocenters. The van der Waals surface area contributed by atoms with Crippen molar-refractivity contribution in [1.29, 1.82) is 0 Å². The number of hydrogen-bond donors (Lipinski definition) is 2. The number of amides is 1. The maximum Gasteiger partial charge on any atom is 0.263 e. The molecule has 1 aliphatic heterocycles. The molecule has 8 nitrogen and oxygen atoms in total. The van der Waals surface area contributed by atoms with Gasteiger partial charge in [-0.05, 0) is 49.7 Å². The van der Waals surface area contributed by atoms with Gasteiger partial charge >= 0.3 is 0 Å². The van der Waals surface area contributed by atoms with E-state index in [-0.39, 0.29) is 16.6 Å². The van der Waals surface area contributed by atoms with Gasteiger partial charge in [0.2, 0.25) is 5.91 Å². The number of anilines is 1. The molecule has 166 valence electrons. The van der Waals surface area contributed by atoms with E-state index in [4.69, 9.17) is 4.98 Å².